The lowest BCUT2D eigenvalue weighted by atomic mass is 10.0. The summed E-state index contributed by atoms with van der Waals surface area (Å²) >= 11 is 0. The number of nitrogens with zero attached hydrogens (tertiary/aromatic N) is 3. The normalized spacial score (nSPS) is 20.2. The Balaban J connectivity index is 1.95. The lowest BCUT2D eigenvalue weighted by molar-refractivity contribution is 0.0576. The zero-order valence-electron chi connectivity index (χ0n) is 10.3. The molecule has 0 bridgehead atoms. The van der Waals surface area contributed by atoms with E-state index in [1.807, 2.05) is 7.05 Å². The van der Waals surface area contributed by atoms with Gasteiger partial charge in [0.15, 0.2) is 0 Å². The van der Waals surface area contributed by atoms with Crippen LogP contribution in [0.1, 0.15) is 18.5 Å². The topological polar surface area (TPSA) is 64.3 Å². The molecule has 2 heterocycles. The van der Waals surface area contributed by atoms with E-state index in [9.17, 15) is 0 Å². The molecule has 1 unspecified atom stereocenters. The standard InChI is InChI=1S/C12H20N4O/c1-16(8-10-3-2-4-17-9-10)12-7-14-6-11(5-13)15-12/h6-7,10H,2-5,8-9,13H2,1H3. The molecule has 1 atom stereocenters. The molecule has 1 saturated heterocycles. The fraction of sp³-hybridized carbons (Fsp3) is 0.667. The molecule has 1 aromatic heterocycles. The fourth-order valence-electron chi connectivity index (χ4n) is 2.11. The number of aromatic nitrogens is 2. The Kier molecular flexibility index (Phi) is 4.28. The van der Waals surface area contributed by atoms with Crippen molar-refractivity contribution in [3.63, 3.8) is 0 Å². The number of nitrogens with two attached hydrogens (primary N) is 1. The minimum absolute atomic E-state index is 0.432. The number of rotatable bonds is 4. The second-order valence-electron chi connectivity index (χ2n) is 4.54. The summed E-state index contributed by atoms with van der Waals surface area (Å²) in [5, 5.41) is 0. The van der Waals surface area contributed by atoms with Crippen LogP contribution < -0.4 is 10.6 Å². The van der Waals surface area contributed by atoms with E-state index in [0.717, 1.165) is 37.7 Å². The van der Waals surface area contributed by atoms with Crippen molar-refractivity contribution in [3.05, 3.63) is 18.1 Å². The maximum Gasteiger partial charge on any atom is 0.147 e. The monoisotopic (exact) mass is 236 g/mol. The molecule has 2 rings (SSSR count). The van der Waals surface area contributed by atoms with Gasteiger partial charge in [0.1, 0.15) is 5.82 Å². The third-order valence-corrected chi connectivity index (χ3v) is 3.06. The second kappa shape index (κ2) is 5.93. The van der Waals surface area contributed by atoms with Crippen LogP contribution in [-0.4, -0.2) is 36.8 Å². The van der Waals surface area contributed by atoms with Crippen molar-refractivity contribution in [1.29, 1.82) is 0 Å². The molecule has 1 aliphatic rings. The predicted octanol–water partition coefficient (Wildman–Crippen LogP) is 0.798. The van der Waals surface area contributed by atoms with Gasteiger partial charge in [-0.2, -0.15) is 0 Å². The largest absolute Gasteiger partial charge is 0.381 e. The molecule has 0 amide bonds. The molecule has 2 N–H and O–H groups in total. The quantitative estimate of drug-likeness (QED) is 0.837. The summed E-state index contributed by atoms with van der Waals surface area (Å²) in [6.45, 7) is 3.15. The number of ether oxygens (including phenoxy) is 1. The van der Waals surface area contributed by atoms with Crippen LogP contribution in [0.4, 0.5) is 5.82 Å². The van der Waals surface area contributed by atoms with Crippen molar-refractivity contribution in [2.45, 2.75) is 19.4 Å². The molecule has 0 spiro atoms. The summed E-state index contributed by atoms with van der Waals surface area (Å²) in [5.41, 5.74) is 6.39. The summed E-state index contributed by atoms with van der Waals surface area (Å²) in [6.07, 6.45) is 5.88. The van der Waals surface area contributed by atoms with Gasteiger partial charge in [0.2, 0.25) is 0 Å². The first-order valence-electron chi connectivity index (χ1n) is 6.09. The molecule has 17 heavy (non-hydrogen) atoms. The lowest BCUT2D eigenvalue weighted by Gasteiger charge is -2.27. The lowest BCUT2D eigenvalue weighted by Crippen LogP contribution is -2.31. The summed E-state index contributed by atoms with van der Waals surface area (Å²) in [7, 11) is 2.04. The van der Waals surface area contributed by atoms with E-state index in [1.165, 1.54) is 6.42 Å². The Morgan fingerprint density at radius 1 is 1.53 bits per heavy atom. The smallest absolute Gasteiger partial charge is 0.147 e. The highest BCUT2D eigenvalue weighted by molar-refractivity contribution is 5.35. The van der Waals surface area contributed by atoms with E-state index >= 15 is 0 Å². The summed E-state index contributed by atoms with van der Waals surface area (Å²) in [4.78, 5) is 10.7. The molecular weight excluding hydrogens is 216 g/mol. The van der Waals surface area contributed by atoms with Crippen LogP contribution in [0.2, 0.25) is 0 Å². The predicted molar refractivity (Wildman–Crippen MR) is 66.7 cm³/mol. The van der Waals surface area contributed by atoms with Crippen molar-refractivity contribution in [1.82, 2.24) is 9.97 Å². The highest BCUT2D eigenvalue weighted by Crippen LogP contribution is 2.17. The Morgan fingerprint density at radius 2 is 2.41 bits per heavy atom. The van der Waals surface area contributed by atoms with E-state index in [2.05, 4.69) is 14.9 Å². The first-order valence-corrected chi connectivity index (χ1v) is 6.09. The van der Waals surface area contributed by atoms with Gasteiger partial charge in [0.25, 0.3) is 0 Å². The van der Waals surface area contributed by atoms with Gasteiger partial charge in [-0.15, -0.1) is 0 Å². The van der Waals surface area contributed by atoms with Crippen molar-refractivity contribution in [3.8, 4) is 0 Å². The molecule has 0 radical (unpaired) electrons. The highest BCUT2D eigenvalue weighted by Gasteiger charge is 2.16. The molecule has 5 nitrogen and oxygen atoms in total. The third-order valence-electron chi connectivity index (χ3n) is 3.06. The van der Waals surface area contributed by atoms with Crippen LogP contribution in [0.5, 0.6) is 0 Å². The van der Waals surface area contributed by atoms with Gasteiger partial charge in [-0.1, -0.05) is 0 Å². The van der Waals surface area contributed by atoms with E-state index in [0.29, 0.717) is 12.5 Å². The van der Waals surface area contributed by atoms with Crippen molar-refractivity contribution < 1.29 is 4.74 Å². The second-order valence-corrected chi connectivity index (χ2v) is 4.54. The Labute approximate surface area is 102 Å². The van der Waals surface area contributed by atoms with Gasteiger partial charge in [-0.25, -0.2) is 4.98 Å². The van der Waals surface area contributed by atoms with E-state index in [1.54, 1.807) is 12.4 Å². The number of hydrogen-bond donors (Lipinski definition) is 1. The minimum Gasteiger partial charge on any atom is -0.381 e. The van der Waals surface area contributed by atoms with Crippen molar-refractivity contribution in [2.75, 3.05) is 31.7 Å². The molecule has 0 aromatic carbocycles. The van der Waals surface area contributed by atoms with Crippen LogP contribution in [0.3, 0.4) is 0 Å². The van der Waals surface area contributed by atoms with Gasteiger partial charge in [-0.05, 0) is 18.8 Å². The van der Waals surface area contributed by atoms with Crippen LogP contribution in [0, 0.1) is 5.92 Å². The summed E-state index contributed by atoms with van der Waals surface area (Å²) < 4.78 is 5.48. The molecule has 0 saturated carbocycles. The number of anilines is 1. The molecule has 1 aromatic rings. The average Bonchev–Trinajstić information content (AvgIpc) is 2.40. The minimum atomic E-state index is 0.432. The first-order chi connectivity index (χ1) is 8.29. The van der Waals surface area contributed by atoms with Gasteiger partial charge < -0.3 is 15.4 Å². The van der Waals surface area contributed by atoms with Gasteiger partial charge in [0.05, 0.1) is 18.5 Å². The average molecular weight is 236 g/mol. The third kappa shape index (κ3) is 3.38. The van der Waals surface area contributed by atoms with E-state index in [4.69, 9.17) is 10.5 Å². The zero-order valence-corrected chi connectivity index (χ0v) is 10.3. The first kappa shape index (κ1) is 12.3. The van der Waals surface area contributed by atoms with Crippen molar-refractivity contribution >= 4 is 5.82 Å². The Hall–Kier alpha value is -1.20. The van der Waals surface area contributed by atoms with Crippen LogP contribution in [-0.2, 0) is 11.3 Å². The zero-order chi connectivity index (χ0) is 12.1. The maximum absolute atomic E-state index is 5.56. The van der Waals surface area contributed by atoms with Gasteiger partial charge >= 0.3 is 0 Å². The highest BCUT2D eigenvalue weighted by atomic mass is 16.5. The molecule has 1 fully saturated rings. The molecular formula is C12H20N4O. The number of hydrogen-bond acceptors (Lipinski definition) is 5. The SMILES string of the molecule is CN(CC1CCCOC1)c1cncc(CN)n1. The van der Waals surface area contributed by atoms with Crippen LogP contribution >= 0.6 is 0 Å². The van der Waals surface area contributed by atoms with Crippen molar-refractivity contribution in [2.24, 2.45) is 11.7 Å². The molecule has 94 valence electrons. The molecule has 5 heteroatoms. The Morgan fingerprint density at radius 3 is 3.12 bits per heavy atom. The van der Waals surface area contributed by atoms with Crippen LogP contribution in [0.25, 0.3) is 0 Å². The maximum atomic E-state index is 5.56. The fourth-order valence-corrected chi connectivity index (χ4v) is 2.11. The van der Waals surface area contributed by atoms with E-state index < -0.39 is 0 Å². The summed E-state index contributed by atoms with van der Waals surface area (Å²) in [6, 6.07) is 0. The van der Waals surface area contributed by atoms with Gasteiger partial charge in [0, 0.05) is 32.9 Å². The summed E-state index contributed by atoms with van der Waals surface area (Å²) in [5.74, 6) is 1.48. The Bertz CT molecular complexity index is 352. The van der Waals surface area contributed by atoms with E-state index in [-0.39, 0.29) is 0 Å². The molecule has 1 aliphatic heterocycles. The van der Waals surface area contributed by atoms with Gasteiger partial charge in [-0.3, -0.25) is 4.98 Å². The van der Waals surface area contributed by atoms with Crippen LogP contribution in [0.15, 0.2) is 12.4 Å². The molecule has 0 aliphatic carbocycles.